The monoisotopic (exact) mass is 220 g/mol. The Kier molecular flexibility index (Phi) is 6.47. The number of nitrogens with one attached hydrogen (secondary N) is 1. The van der Waals surface area contributed by atoms with E-state index in [9.17, 15) is 0 Å². The maximum absolute atomic E-state index is 7.81. The summed E-state index contributed by atoms with van der Waals surface area (Å²) in [5.41, 5.74) is 7.95. The highest BCUT2D eigenvalue weighted by Gasteiger charge is 2.07. The average Bonchev–Trinajstić information content (AvgIpc) is 2.27. The van der Waals surface area contributed by atoms with Gasteiger partial charge in [-0.1, -0.05) is 52.8 Å². The molecular formula is C14H24N2. The number of nitrogens with two attached hydrogens (primary N) is 1. The Labute approximate surface area is 99.4 Å². The van der Waals surface area contributed by atoms with Gasteiger partial charge < -0.3 is 11.1 Å². The van der Waals surface area contributed by atoms with Crippen LogP contribution in [-0.4, -0.2) is 5.71 Å². The van der Waals surface area contributed by atoms with Crippen molar-refractivity contribution in [1.29, 1.82) is 5.41 Å². The molecule has 0 saturated carbocycles. The summed E-state index contributed by atoms with van der Waals surface area (Å²) in [7, 11) is 0. The maximum atomic E-state index is 7.81. The fraction of sp³-hybridized carbons (Fsp3) is 0.500. The zero-order valence-electron chi connectivity index (χ0n) is 10.9. The normalized spacial score (nSPS) is 15.1. The molecule has 1 unspecified atom stereocenters. The highest BCUT2D eigenvalue weighted by molar-refractivity contribution is 6.08. The molecule has 90 valence electrons. The molecule has 0 aliphatic carbocycles. The van der Waals surface area contributed by atoms with Gasteiger partial charge in [-0.05, 0) is 17.9 Å². The van der Waals surface area contributed by atoms with Gasteiger partial charge in [0.05, 0.1) is 5.71 Å². The molecule has 2 nitrogen and oxygen atoms in total. The van der Waals surface area contributed by atoms with Crippen LogP contribution in [0.2, 0.25) is 0 Å². The molecule has 0 saturated heterocycles. The molecule has 2 heteroatoms. The minimum Gasteiger partial charge on any atom is -0.401 e. The second kappa shape index (κ2) is 7.04. The molecule has 0 heterocycles. The lowest BCUT2D eigenvalue weighted by Gasteiger charge is -2.11. The quantitative estimate of drug-likeness (QED) is 0.521. The fourth-order valence-electron chi connectivity index (χ4n) is 1.16. The third-order valence-corrected chi connectivity index (χ3v) is 2.66. The summed E-state index contributed by atoms with van der Waals surface area (Å²) in [6, 6.07) is 0. The molecule has 16 heavy (non-hydrogen) atoms. The summed E-state index contributed by atoms with van der Waals surface area (Å²) in [5, 5.41) is 7.81. The molecule has 3 N–H and O–H groups in total. The molecule has 0 bridgehead atoms. The first kappa shape index (κ1) is 14.7. The van der Waals surface area contributed by atoms with Gasteiger partial charge >= 0.3 is 0 Å². The van der Waals surface area contributed by atoms with Crippen LogP contribution in [0, 0.1) is 17.2 Å². The lowest BCUT2D eigenvalue weighted by molar-refractivity contribution is 0.697. The van der Waals surface area contributed by atoms with Gasteiger partial charge in [0.25, 0.3) is 0 Å². The molecule has 0 aliphatic rings. The van der Waals surface area contributed by atoms with Crippen molar-refractivity contribution >= 4 is 5.71 Å². The number of rotatable bonds is 6. The van der Waals surface area contributed by atoms with Crippen LogP contribution in [0.4, 0.5) is 0 Å². The van der Waals surface area contributed by atoms with Crippen LogP contribution < -0.4 is 5.73 Å². The molecule has 0 aromatic heterocycles. The smallest absolute Gasteiger partial charge is 0.0623 e. The van der Waals surface area contributed by atoms with E-state index in [4.69, 9.17) is 11.1 Å². The van der Waals surface area contributed by atoms with Gasteiger partial charge in [-0.3, -0.25) is 0 Å². The summed E-state index contributed by atoms with van der Waals surface area (Å²) in [6.45, 7) is 12.0. The van der Waals surface area contributed by atoms with Crippen molar-refractivity contribution in [2.75, 3.05) is 0 Å². The summed E-state index contributed by atoms with van der Waals surface area (Å²) in [4.78, 5) is 0. The van der Waals surface area contributed by atoms with Crippen molar-refractivity contribution in [2.45, 2.75) is 34.1 Å². The highest BCUT2D eigenvalue weighted by Crippen LogP contribution is 2.14. The van der Waals surface area contributed by atoms with Crippen LogP contribution in [-0.2, 0) is 0 Å². The van der Waals surface area contributed by atoms with Crippen LogP contribution >= 0.6 is 0 Å². The lowest BCUT2D eigenvalue weighted by Crippen LogP contribution is -2.12. The first-order chi connectivity index (χ1) is 7.43. The van der Waals surface area contributed by atoms with E-state index in [0.717, 1.165) is 17.7 Å². The van der Waals surface area contributed by atoms with Crippen molar-refractivity contribution in [3.63, 3.8) is 0 Å². The van der Waals surface area contributed by atoms with Crippen LogP contribution in [0.3, 0.4) is 0 Å². The van der Waals surface area contributed by atoms with Gasteiger partial charge in [-0.15, -0.1) is 0 Å². The Morgan fingerprint density at radius 1 is 1.38 bits per heavy atom. The summed E-state index contributed by atoms with van der Waals surface area (Å²) in [6.07, 6.45) is 6.68. The highest BCUT2D eigenvalue weighted by atomic mass is 14.6. The molecule has 0 fully saturated rings. The van der Waals surface area contributed by atoms with Crippen LogP contribution in [0.15, 0.2) is 36.1 Å². The standard InChI is InChI=1S/C14H24N2/c1-6-11(5)8-9-12(13(15)7-2)14(16)10(3)4/h7-11,15H,2,6,16H2,1,3-5H3/b9-8-,14-12?,15-13?. The van der Waals surface area contributed by atoms with Crippen molar-refractivity contribution in [2.24, 2.45) is 17.6 Å². The number of allylic oxidation sites excluding steroid dienone is 5. The number of hydrogen-bond acceptors (Lipinski definition) is 2. The maximum Gasteiger partial charge on any atom is 0.0623 e. The molecular weight excluding hydrogens is 196 g/mol. The summed E-state index contributed by atoms with van der Waals surface area (Å²) < 4.78 is 0. The van der Waals surface area contributed by atoms with E-state index in [0.29, 0.717) is 11.6 Å². The van der Waals surface area contributed by atoms with Gasteiger partial charge in [-0.25, -0.2) is 0 Å². The molecule has 1 atom stereocenters. The predicted octanol–water partition coefficient (Wildman–Crippen LogP) is 3.66. The molecule has 0 rings (SSSR count). The fourth-order valence-corrected chi connectivity index (χ4v) is 1.16. The average molecular weight is 220 g/mol. The number of hydrogen-bond donors (Lipinski definition) is 2. The van der Waals surface area contributed by atoms with Crippen molar-refractivity contribution in [3.8, 4) is 0 Å². The van der Waals surface area contributed by atoms with Gasteiger partial charge in [0.2, 0.25) is 0 Å². The minimum atomic E-state index is 0.247. The van der Waals surface area contributed by atoms with Crippen LogP contribution in [0.25, 0.3) is 0 Å². The van der Waals surface area contributed by atoms with E-state index in [1.54, 1.807) is 0 Å². The zero-order chi connectivity index (χ0) is 12.7. The lowest BCUT2D eigenvalue weighted by atomic mass is 9.98. The second-order valence-electron chi connectivity index (χ2n) is 4.39. The van der Waals surface area contributed by atoms with Crippen molar-refractivity contribution in [3.05, 3.63) is 36.1 Å². The molecule has 0 aliphatic heterocycles. The third-order valence-electron chi connectivity index (χ3n) is 2.66. The third kappa shape index (κ3) is 4.47. The molecule has 0 aromatic carbocycles. The van der Waals surface area contributed by atoms with Gasteiger partial charge in [0, 0.05) is 11.3 Å². The van der Waals surface area contributed by atoms with Crippen molar-refractivity contribution in [1.82, 2.24) is 0 Å². The molecule has 0 spiro atoms. The first-order valence-electron chi connectivity index (χ1n) is 5.83. The zero-order valence-corrected chi connectivity index (χ0v) is 10.9. The topological polar surface area (TPSA) is 49.9 Å². The Hall–Kier alpha value is -1.31. The van der Waals surface area contributed by atoms with Crippen LogP contribution in [0.5, 0.6) is 0 Å². The summed E-state index contributed by atoms with van der Waals surface area (Å²) >= 11 is 0. The Morgan fingerprint density at radius 3 is 2.31 bits per heavy atom. The molecule has 0 radical (unpaired) electrons. The second-order valence-corrected chi connectivity index (χ2v) is 4.39. The van der Waals surface area contributed by atoms with Gasteiger partial charge in [0.15, 0.2) is 0 Å². The Bertz CT molecular complexity index is 309. The van der Waals surface area contributed by atoms with E-state index >= 15 is 0 Å². The van der Waals surface area contributed by atoms with E-state index in [1.807, 2.05) is 19.9 Å². The minimum absolute atomic E-state index is 0.247. The van der Waals surface area contributed by atoms with Crippen LogP contribution in [0.1, 0.15) is 34.1 Å². The van der Waals surface area contributed by atoms with E-state index in [-0.39, 0.29) is 5.92 Å². The Balaban J connectivity index is 5.12. The first-order valence-corrected chi connectivity index (χ1v) is 5.83. The molecule has 0 amide bonds. The molecule has 0 aromatic rings. The van der Waals surface area contributed by atoms with E-state index in [1.165, 1.54) is 6.08 Å². The summed E-state index contributed by atoms with van der Waals surface area (Å²) in [5.74, 6) is 0.754. The Morgan fingerprint density at radius 2 is 1.94 bits per heavy atom. The largest absolute Gasteiger partial charge is 0.401 e. The predicted molar refractivity (Wildman–Crippen MR) is 72.6 cm³/mol. The van der Waals surface area contributed by atoms with E-state index in [2.05, 4.69) is 26.5 Å². The van der Waals surface area contributed by atoms with E-state index < -0.39 is 0 Å². The van der Waals surface area contributed by atoms with Gasteiger partial charge in [-0.2, -0.15) is 0 Å². The van der Waals surface area contributed by atoms with Crippen molar-refractivity contribution < 1.29 is 0 Å². The SMILES string of the molecule is C=CC(=N)C(/C=C\C(C)CC)=C(N)C(C)C. The van der Waals surface area contributed by atoms with Gasteiger partial charge in [0.1, 0.15) is 0 Å².